The molecule has 1 aromatic carbocycles. The molecule has 3 rings (SSSR count). The highest BCUT2D eigenvalue weighted by atomic mass is 35.5. The quantitative estimate of drug-likeness (QED) is 0.878. The smallest absolute Gasteiger partial charge is 0.142 e. The molecule has 3 atom stereocenters. The van der Waals surface area contributed by atoms with Crippen LogP contribution in [-0.2, 0) is 0 Å². The standard InChI is InChI=1S/C14H18ClNO/c1-17-14-6-5-10(15)8-13(14)16-12-4-2-3-9-7-11(9)12/h5-6,8-9,11-12,16H,2-4,7H2,1H3. The van der Waals surface area contributed by atoms with Gasteiger partial charge in [0.1, 0.15) is 5.75 Å². The summed E-state index contributed by atoms with van der Waals surface area (Å²) in [5.41, 5.74) is 1.04. The molecular formula is C14H18ClNO. The van der Waals surface area contributed by atoms with Gasteiger partial charge in [-0.1, -0.05) is 24.4 Å². The summed E-state index contributed by atoms with van der Waals surface area (Å²) in [7, 11) is 1.70. The first-order valence-electron chi connectivity index (χ1n) is 6.38. The molecule has 0 aliphatic heterocycles. The Morgan fingerprint density at radius 3 is 3.06 bits per heavy atom. The van der Waals surface area contributed by atoms with Crippen LogP contribution in [0.3, 0.4) is 0 Å². The lowest BCUT2D eigenvalue weighted by Gasteiger charge is -2.24. The summed E-state index contributed by atoms with van der Waals surface area (Å²) in [6.07, 6.45) is 5.45. The molecule has 0 amide bonds. The predicted octanol–water partition coefficient (Wildman–Crippen LogP) is 3.95. The summed E-state index contributed by atoms with van der Waals surface area (Å²) >= 11 is 6.04. The van der Waals surface area contributed by atoms with Crippen LogP contribution in [0.2, 0.25) is 5.02 Å². The second-order valence-corrected chi connectivity index (χ2v) is 5.62. The average molecular weight is 252 g/mol. The van der Waals surface area contributed by atoms with Gasteiger partial charge in [-0.25, -0.2) is 0 Å². The van der Waals surface area contributed by atoms with E-state index in [0.29, 0.717) is 6.04 Å². The maximum absolute atomic E-state index is 6.04. The topological polar surface area (TPSA) is 21.3 Å². The van der Waals surface area contributed by atoms with Gasteiger partial charge in [0.05, 0.1) is 12.8 Å². The van der Waals surface area contributed by atoms with E-state index in [4.69, 9.17) is 16.3 Å². The first-order valence-corrected chi connectivity index (χ1v) is 6.76. The number of anilines is 1. The highest BCUT2D eigenvalue weighted by Crippen LogP contribution is 2.50. The van der Waals surface area contributed by atoms with E-state index < -0.39 is 0 Å². The van der Waals surface area contributed by atoms with E-state index >= 15 is 0 Å². The number of rotatable bonds is 3. The SMILES string of the molecule is COc1ccc(Cl)cc1NC1CCCC2CC21. The monoisotopic (exact) mass is 251 g/mol. The zero-order valence-electron chi connectivity index (χ0n) is 10.1. The first kappa shape index (κ1) is 11.2. The summed E-state index contributed by atoms with van der Waals surface area (Å²) in [5.74, 6) is 2.75. The molecule has 0 radical (unpaired) electrons. The summed E-state index contributed by atoms with van der Waals surface area (Å²) < 4.78 is 5.37. The lowest BCUT2D eigenvalue weighted by atomic mass is 9.95. The second-order valence-electron chi connectivity index (χ2n) is 5.19. The maximum Gasteiger partial charge on any atom is 0.142 e. The largest absolute Gasteiger partial charge is 0.495 e. The van der Waals surface area contributed by atoms with Crippen LogP contribution in [0.25, 0.3) is 0 Å². The fourth-order valence-electron chi connectivity index (χ4n) is 3.08. The Labute approximate surface area is 107 Å². The van der Waals surface area contributed by atoms with Gasteiger partial charge in [0.2, 0.25) is 0 Å². The van der Waals surface area contributed by atoms with Crippen molar-refractivity contribution in [2.45, 2.75) is 31.7 Å². The Kier molecular flexibility index (Phi) is 2.91. The molecule has 2 saturated carbocycles. The van der Waals surface area contributed by atoms with E-state index in [-0.39, 0.29) is 0 Å². The Morgan fingerprint density at radius 2 is 2.24 bits per heavy atom. The van der Waals surface area contributed by atoms with Crippen molar-refractivity contribution in [1.82, 2.24) is 0 Å². The molecule has 2 nitrogen and oxygen atoms in total. The van der Waals surface area contributed by atoms with Crippen molar-refractivity contribution < 1.29 is 4.74 Å². The Hall–Kier alpha value is -0.890. The van der Waals surface area contributed by atoms with E-state index in [1.54, 1.807) is 7.11 Å². The molecule has 2 aliphatic carbocycles. The minimum absolute atomic E-state index is 0.612. The summed E-state index contributed by atoms with van der Waals surface area (Å²) in [4.78, 5) is 0. The molecule has 17 heavy (non-hydrogen) atoms. The van der Waals surface area contributed by atoms with Crippen LogP contribution in [0.5, 0.6) is 5.75 Å². The summed E-state index contributed by atoms with van der Waals surface area (Å²) in [6, 6.07) is 6.37. The van der Waals surface area contributed by atoms with Crippen LogP contribution < -0.4 is 10.1 Å². The van der Waals surface area contributed by atoms with Crippen LogP contribution in [-0.4, -0.2) is 13.2 Å². The van der Waals surface area contributed by atoms with Crippen molar-refractivity contribution in [3.63, 3.8) is 0 Å². The molecule has 1 N–H and O–H groups in total. The maximum atomic E-state index is 6.04. The number of hydrogen-bond acceptors (Lipinski definition) is 2. The molecule has 2 aliphatic rings. The Balaban J connectivity index is 1.77. The van der Waals surface area contributed by atoms with E-state index in [2.05, 4.69) is 5.32 Å². The molecule has 0 aromatic heterocycles. The number of fused-ring (bicyclic) bond motifs is 1. The van der Waals surface area contributed by atoms with E-state index in [0.717, 1.165) is 28.3 Å². The number of methoxy groups -OCH3 is 1. The number of ether oxygens (including phenoxy) is 1. The van der Waals surface area contributed by atoms with Crippen LogP contribution in [0.1, 0.15) is 25.7 Å². The van der Waals surface area contributed by atoms with Crippen LogP contribution in [0, 0.1) is 11.8 Å². The van der Waals surface area contributed by atoms with E-state index in [9.17, 15) is 0 Å². The van der Waals surface area contributed by atoms with Crippen molar-refractivity contribution in [2.75, 3.05) is 12.4 Å². The molecule has 0 bridgehead atoms. The highest BCUT2D eigenvalue weighted by Gasteiger charge is 2.45. The third kappa shape index (κ3) is 2.23. The second kappa shape index (κ2) is 4.41. The number of nitrogens with one attached hydrogen (secondary N) is 1. The molecule has 3 heteroatoms. The van der Waals surface area contributed by atoms with E-state index in [1.807, 2.05) is 18.2 Å². The molecule has 92 valence electrons. The molecule has 0 saturated heterocycles. The fraction of sp³-hybridized carbons (Fsp3) is 0.571. The third-order valence-electron chi connectivity index (χ3n) is 4.09. The third-order valence-corrected chi connectivity index (χ3v) is 4.32. The van der Waals surface area contributed by atoms with Gasteiger partial charge < -0.3 is 10.1 Å². The molecule has 3 unspecified atom stereocenters. The van der Waals surface area contributed by atoms with Gasteiger partial charge in [0, 0.05) is 11.1 Å². The van der Waals surface area contributed by atoms with Crippen LogP contribution in [0.15, 0.2) is 18.2 Å². The Morgan fingerprint density at radius 1 is 1.35 bits per heavy atom. The van der Waals surface area contributed by atoms with Crippen LogP contribution in [0.4, 0.5) is 5.69 Å². The van der Waals surface area contributed by atoms with Gasteiger partial charge in [0.15, 0.2) is 0 Å². The lowest BCUT2D eigenvalue weighted by molar-refractivity contribution is 0.410. The van der Waals surface area contributed by atoms with Gasteiger partial charge in [-0.15, -0.1) is 0 Å². The number of hydrogen-bond donors (Lipinski definition) is 1. The average Bonchev–Trinajstić information content (AvgIpc) is 3.09. The number of benzene rings is 1. The minimum Gasteiger partial charge on any atom is -0.495 e. The zero-order valence-corrected chi connectivity index (χ0v) is 10.8. The molecule has 0 spiro atoms. The minimum atomic E-state index is 0.612. The molecule has 1 aromatic rings. The van der Waals surface area contributed by atoms with Crippen molar-refractivity contribution >= 4 is 17.3 Å². The van der Waals surface area contributed by atoms with Crippen molar-refractivity contribution in [3.05, 3.63) is 23.2 Å². The van der Waals surface area contributed by atoms with Crippen molar-refractivity contribution in [3.8, 4) is 5.75 Å². The van der Waals surface area contributed by atoms with E-state index in [1.165, 1.54) is 25.7 Å². The van der Waals surface area contributed by atoms with Gasteiger partial charge in [-0.2, -0.15) is 0 Å². The molecular weight excluding hydrogens is 234 g/mol. The van der Waals surface area contributed by atoms with Gasteiger partial charge >= 0.3 is 0 Å². The molecule has 2 fully saturated rings. The lowest BCUT2D eigenvalue weighted by Crippen LogP contribution is -2.25. The molecule has 0 heterocycles. The summed E-state index contributed by atoms with van der Waals surface area (Å²) in [6.45, 7) is 0. The Bertz CT molecular complexity index is 421. The normalized spacial score (nSPS) is 30.6. The predicted molar refractivity (Wildman–Crippen MR) is 70.9 cm³/mol. The fourth-order valence-corrected chi connectivity index (χ4v) is 3.25. The van der Waals surface area contributed by atoms with Crippen molar-refractivity contribution in [2.24, 2.45) is 11.8 Å². The van der Waals surface area contributed by atoms with Gasteiger partial charge in [-0.05, 0) is 42.9 Å². The number of halogens is 1. The zero-order chi connectivity index (χ0) is 11.8. The highest BCUT2D eigenvalue weighted by molar-refractivity contribution is 6.30. The summed E-state index contributed by atoms with van der Waals surface area (Å²) in [5, 5.41) is 4.38. The first-order chi connectivity index (χ1) is 8.28. The van der Waals surface area contributed by atoms with Gasteiger partial charge in [0.25, 0.3) is 0 Å². The van der Waals surface area contributed by atoms with Crippen LogP contribution >= 0.6 is 11.6 Å². The van der Waals surface area contributed by atoms with Gasteiger partial charge in [-0.3, -0.25) is 0 Å². The van der Waals surface area contributed by atoms with Crippen molar-refractivity contribution in [1.29, 1.82) is 0 Å².